The highest BCUT2D eigenvalue weighted by atomic mass is 32.2. The first-order chi connectivity index (χ1) is 5.93. The predicted octanol–water partition coefficient (Wildman–Crippen LogP) is 3.29. The number of hydrogen-bond acceptors (Lipinski definition) is 2. The van der Waals surface area contributed by atoms with Crippen molar-refractivity contribution in [2.24, 2.45) is 0 Å². The molecule has 0 radical (unpaired) electrons. The fourth-order valence-electron chi connectivity index (χ4n) is 0.741. The molecule has 0 N–H and O–H groups in total. The molecule has 0 amide bonds. The summed E-state index contributed by atoms with van der Waals surface area (Å²) in [5.74, 6) is 0. The van der Waals surface area contributed by atoms with Crippen LogP contribution in [0.25, 0.3) is 0 Å². The molecule has 0 spiro atoms. The molecule has 12 heavy (non-hydrogen) atoms. The number of rotatable bonds is 4. The molecule has 1 rings (SSSR count). The second kappa shape index (κ2) is 5.72. The standard InChI is InChI=1S/C10H12OS/c1-2-11-8-9-12-10-6-4-3-5-7-10/h3-9H,2H2,1H3/b9-8-. The van der Waals surface area contributed by atoms with E-state index in [1.807, 2.05) is 30.5 Å². The van der Waals surface area contributed by atoms with E-state index in [2.05, 4.69) is 12.1 Å². The normalized spacial score (nSPS) is 10.4. The second-order valence-corrected chi connectivity index (χ2v) is 3.14. The van der Waals surface area contributed by atoms with Gasteiger partial charge in [-0.3, -0.25) is 0 Å². The van der Waals surface area contributed by atoms with Crippen LogP contribution in [0.2, 0.25) is 0 Å². The zero-order chi connectivity index (χ0) is 8.65. The molecule has 0 aliphatic heterocycles. The third-order valence-electron chi connectivity index (χ3n) is 1.27. The lowest BCUT2D eigenvalue weighted by Crippen LogP contribution is -1.74. The van der Waals surface area contributed by atoms with Crippen LogP contribution in [0, 0.1) is 0 Å². The number of thioether (sulfide) groups is 1. The van der Waals surface area contributed by atoms with Gasteiger partial charge in [-0.1, -0.05) is 30.0 Å². The second-order valence-electron chi connectivity index (χ2n) is 2.16. The largest absolute Gasteiger partial charge is 0.501 e. The molecule has 0 saturated heterocycles. The fourth-order valence-corrected chi connectivity index (χ4v) is 1.35. The summed E-state index contributed by atoms with van der Waals surface area (Å²) in [4.78, 5) is 1.23. The molecule has 0 aliphatic carbocycles. The molecule has 2 heteroatoms. The van der Waals surface area contributed by atoms with Gasteiger partial charge < -0.3 is 4.74 Å². The number of benzene rings is 1. The van der Waals surface area contributed by atoms with Crippen molar-refractivity contribution in [2.75, 3.05) is 6.61 Å². The van der Waals surface area contributed by atoms with Crippen molar-refractivity contribution in [1.29, 1.82) is 0 Å². The maximum atomic E-state index is 5.05. The molecular formula is C10H12OS. The highest BCUT2D eigenvalue weighted by Gasteiger charge is 1.85. The van der Waals surface area contributed by atoms with Crippen LogP contribution in [0.15, 0.2) is 46.9 Å². The Hall–Kier alpha value is -0.890. The van der Waals surface area contributed by atoms with Gasteiger partial charge in [-0.25, -0.2) is 0 Å². The average Bonchev–Trinajstić information content (AvgIpc) is 2.14. The molecule has 0 aliphatic rings. The van der Waals surface area contributed by atoms with Gasteiger partial charge in [0, 0.05) is 10.3 Å². The minimum absolute atomic E-state index is 0.728. The first-order valence-electron chi connectivity index (χ1n) is 3.92. The Kier molecular flexibility index (Phi) is 4.39. The highest BCUT2D eigenvalue weighted by Crippen LogP contribution is 2.17. The van der Waals surface area contributed by atoms with Crippen molar-refractivity contribution >= 4 is 11.8 Å². The van der Waals surface area contributed by atoms with E-state index in [1.54, 1.807) is 18.0 Å². The minimum Gasteiger partial charge on any atom is -0.501 e. The van der Waals surface area contributed by atoms with Crippen molar-refractivity contribution in [3.05, 3.63) is 42.0 Å². The number of hydrogen-bond donors (Lipinski definition) is 0. The van der Waals surface area contributed by atoms with Gasteiger partial charge in [0.15, 0.2) is 0 Å². The Bertz CT molecular complexity index is 231. The third-order valence-corrected chi connectivity index (χ3v) is 2.06. The van der Waals surface area contributed by atoms with Crippen LogP contribution < -0.4 is 0 Å². The number of ether oxygens (including phenoxy) is 1. The molecule has 1 aromatic carbocycles. The van der Waals surface area contributed by atoms with Gasteiger partial charge in [0.25, 0.3) is 0 Å². The summed E-state index contributed by atoms with van der Waals surface area (Å²) in [6, 6.07) is 10.2. The van der Waals surface area contributed by atoms with Gasteiger partial charge >= 0.3 is 0 Å². The minimum atomic E-state index is 0.728. The van der Waals surface area contributed by atoms with Crippen molar-refractivity contribution < 1.29 is 4.74 Å². The van der Waals surface area contributed by atoms with E-state index in [9.17, 15) is 0 Å². The molecular weight excluding hydrogens is 168 g/mol. The summed E-state index contributed by atoms with van der Waals surface area (Å²) in [6.07, 6.45) is 1.72. The maximum Gasteiger partial charge on any atom is 0.0895 e. The lowest BCUT2D eigenvalue weighted by molar-refractivity contribution is 0.270. The molecule has 0 atom stereocenters. The molecule has 0 fully saturated rings. The quantitative estimate of drug-likeness (QED) is 0.519. The molecule has 0 saturated carbocycles. The van der Waals surface area contributed by atoms with Crippen molar-refractivity contribution in [2.45, 2.75) is 11.8 Å². The van der Waals surface area contributed by atoms with Gasteiger partial charge in [-0.15, -0.1) is 0 Å². The van der Waals surface area contributed by atoms with Crippen LogP contribution >= 0.6 is 11.8 Å². The summed E-state index contributed by atoms with van der Waals surface area (Å²) in [5.41, 5.74) is 0. The average molecular weight is 180 g/mol. The Morgan fingerprint density at radius 1 is 1.33 bits per heavy atom. The summed E-state index contributed by atoms with van der Waals surface area (Å²) in [5, 5.41) is 1.94. The third kappa shape index (κ3) is 3.49. The first-order valence-corrected chi connectivity index (χ1v) is 4.79. The zero-order valence-corrected chi connectivity index (χ0v) is 7.88. The highest BCUT2D eigenvalue weighted by molar-refractivity contribution is 8.02. The molecule has 0 heterocycles. The molecule has 0 unspecified atom stereocenters. The summed E-state index contributed by atoms with van der Waals surface area (Å²) >= 11 is 1.65. The van der Waals surface area contributed by atoms with Crippen molar-refractivity contribution in [1.82, 2.24) is 0 Å². The van der Waals surface area contributed by atoms with Crippen LogP contribution in [0.5, 0.6) is 0 Å². The molecule has 0 aromatic heterocycles. The van der Waals surface area contributed by atoms with Crippen molar-refractivity contribution in [3.8, 4) is 0 Å². The van der Waals surface area contributed by atoms with Crippen LogP contribution in [0.3, 0.4) is 0 Å². The fraction of sp³-hybridized carbons (Fsp3) is 0.200. The molecule has 1 nitrogen and oxygen atoms in total. The first kappa shape index (κ1) is 9.20. The maximum absolute atomic E-state index is 5.05. The van der Waals surface area contributed by atoms with Gasteiger partial charge in [0.1, 0.15) is 0 Å². The van der Waals surface area contributed by atoms with Crippen LogP contribution in [0.1, 0.15) is 6.92 Å². The predicted molar refractivity (Wildman–Crippen MR) is 53.1 cm³/mol. The lowest BCUT2D eigenvalue weighted by atomic mass is 10.4. The Labute approximate surface area is 77.4 Å². The Morgan fingerprint density at radius 2 is 2.08 bits per heavy atom. The van der Waals surface area contributed by atoms with E-state index in [0.717, 1.165) is 6.61 Å². The summed E-state index contributed by atoms with van der Waals surface area (Å²) in [6.45, 7) is 2.70. The van der Waals surface area contributed by atoms with E-state index in [4.69, 9.17) is 4.74 Å². The smallest absolute Gasteiger partial charge is 0.0895 e. The van der Waals surface area contributed by atoms with E-state index in [0.29, 0.717) is 0 Å². The van der Waals surface area contributed by atoms with E-state index < -0.39 is 0 Å². The topological polar surface area (TPSA) is 9.23 Å². The Morgan fingerprint density at radius 3 is 2.75 bits per heavy atom. The molecule has 1 aromatic rings. The summed E-state index contributed by atoms with van der Waals surface area (Å²) < 4.78 is 5.05. The van der Waals surface area contributed by atoms with Gasteiger partial charge in [0.05, 0.1) is 12.9 Å². The van der Waals surface area contributed by atoms with Crippen LogP contribution in [0.4, 0.5) is 0 Å². The van der Waals surface area contributed by atoms with Crippen LogP contribution in [-0.2, 0) is 4.74 Å². The summed E-state index contributed by atoms with van der Waals surface area (Å²) in [7, 11) is 0. The molecule has 0 bridgehead atoms. The van der Waals surface area contributed by atoms with E-state index >= 15 is 0 Å². The van der Waals surface area contributed by atoms with E-state index in [1.165, 1.54) is 4.90 Å². The van der Waals surface area contributed by atoms with Gasteiger partial charge in [-0.2, -0.15) is 0 Å². The SMILES string of the molecule is CCO/C=C\Sc1ccccc1. The monoisotopic (exact) mass is 180 g/mol. The van der Waals surface area contributed by atoms with Crippen molar-refractivity contribution in [3.63, 3.8) is 0 Å². The molecule has 64 valence electrons. The van der Waals surface area contributed by atoms with E-state index in [-0.39, 0.29) is 0 Å². The lowest BCUT2D eigenvalue weighted by Gasteiger charge is -1.94. The van der Waals surface area contributed by atoms with Gasteiger partial charge in [-0.05, 0) is 19.1 Å². The van der Waals surface area contributed by atoms with Crippen LogP contribution in [-0.4, -0.2) is 6.61 Å². The van der Waals surface area contributed by atoms with Gasteiger partial charge in [0.2, 0.25) is 0 Å². The zero-order valence-electron chi connectivity index (χ0n) is 7.07. The Balaban J connectivity index is 2.33.